The molecule has 0 heterocycles. The number of esters is 3. The first-order valence-electron chi connectivity index (χ1n) is 12.5. The number of carbonyl (C=O) groups is 3. The van der Waals surface area contributed by atoms with E-state index in [1.54, 1.807) is 0 Å². The molecule has 0 amide bonds. The first-order chi connectivity index (χ1) is 17.4. The van der Waals surface area contributed by atoms with Crippen LogP contribution in [0, 0.1) is 0 Å². The van der Waals surface area contributed by atoms with Crippen LogP contribution >= 0.6 is 0 Å². The predicted molar refractivity (Wildman–Crippen MR) is 134 cm³/mol. The molecule has 0 aromatic rings. The Bertz CT molecular complexity index is 1000. The van der Waals surface area contributed by atoms with E-state index in [1.807, 2.05) is 12.2 Å². The highest BCUT2D eigenvalue weighted by atomic mass is 16.5. The molecule has 0 spiro atoms. The quantitative estimate of drug-likeness (QED) is 0.135. The largest absolute Gasteiger partial charge is 0.515 e. The number of rotatable bonds is 7. The molecular formula is C27H36N2O7. The van der Waals surface area contributed by atoms with Gasteiger partial charge in [0.1, 0.15) is 5.57 Å². The maximum absolute atomic E-state index is 12.2. The molecule has 36 heavy (non-hydrogen) atoms. The van der Waals surface area contributed by atoms with Gasteiger partial charge in [-0.1, -0.05) is 12.8 Å². The van der Waals surface area contributed by atoms with Crippen molar-refractivity contribution >= 4 is 23.6 Å². The van der Waals surface area contributed by atoms with Gasteiger partial charge in [0, 0.05) is 17.5 Å². The number of methoxy groups -OCH3 is 3. The second-order valence-electron chi connectivity index (χ2n) is 9.19. The van der Waals surface area contributed by atoms with E-state index in [4.69, 9.17) is 19.2 Å². The molecule has 3 aliphatic carbocycles. The Labute approximate surface area is 212 Å². The highest BCUT2D eigenvalue weighted by Crippen LogP contribution is 2.30. The SMILES string of the molecule is COC(=O)C(=CO)C1=CC(=NC2CCCCC2NC2=CC(=C(C(=O)OC)C(=O)OC)CCC2)CCC1. The standard InChI is InChI=1S/C27H36N2O7/c1-34-25(31)21(16-30)17-8-6-10-19(14-17)28-22-12-4-5-13-23(22)29-20-11-7-9-18(15-20)24(26(32)35-2)27(33)36-3/h14-16,22-23,29-30H,4-13H2,1-3H3. The lowest BCUT2D eigenvalue weighted by Crippen LogP contribution is -2.41. The Balaban J connectivity index is 1.84. The van der Waals surface area contributed by atoms with E-state index < -0.39 is 17.9 Å². The molecule has 196 valence electrons. The zero-order valence-corrected chi connectivity index (χ0v) is 21.3. The molecule has 0 radical (unpaired) electrons. The number of allylic oxidation sites excluding steroid dienone is 4. The van der Waals surface area contributed by atoms with Crippen LogP contribution in [0.15, 0.2) is 51.4 Å². The van der Waals surface area contributed by atoms with E-state index in [2.05, 4.69) is 5.32 Å². The lowest BCUT2D eigenvalue weighted by atomic mass is 9.88. The van der Waals surface area contributed by atoms with Crippen molar-refractivity contribution in [3.8, 4) is 0 Å². The highest BCUT2D eigenvalue weighted by Gasteiger charge is 2.29. The van der Waals surface area contributed by atoms with Crippen LogP contribution in [0.2, 0.25) is 0 Å². The maximum atomic E-state index is 12.2. The number of nitrogens with zero attached hydrogens (tertiary/aromatic N) is 1. The van der Waals surface area contributed by atoms with Crippen molar-refractivity contribution in [1.82, 2.24) is 5.32 Å². The van der Waals surface area contributed by atoms with Crippen molar-refractivity contribution in [2.45, 2.75) is 76.3 Å². The molecule has 2 unspecified atom stereocenters. The molecule has 0 aliphatic heterocycles. The van der Waals surface area contributed by atoms with Crippen LogP contribution in [-0.4, -0.2) is 62.1 Å². The molecule has 0 aromatic heterocycles. The Kier molecular flexibility index (Phi) is 9.90. The van der Waals surface area contributed by atoms with E-state index in [1.165, 1.54) is 21.3 Å². The van der Waals surface area contributed by atoms with E-state index in [0.29, 0.717) is 18.4 Å². The number of nitrogens with one attached hydrogen (secondary N) is 1. The fourth-order valence-corrected chi connectivity index (χ4v) is 5.07. The number of hydrogen-bond acceptors (Lipinski definition) is 9. The lowest BCUT2D eigenvalue weighted by molar-refractivity contribution is -0.144. The van der Waals surface area contributed by atoms with E-state index in [0.717, 1.165) is 74.6 Å². The van der Waals surface area contributed by atoms with Crippen molar-refractivity contribution < 1.29 is 33.7 Å². The molecule has 3 aliphatic rings. The van der Waals surface area contributed by atoms with E-state index >= 15 is 0 Å². The molecule has 0 bridgehead atoms. The summed E-state index contributed by atoms with van der Waals surface area (Å²) in [5.41, 5.74) is 3.34. The fraction of sp³-hybridized carbons (Fsp3) is 0.556. The van der Waals surface area contributed by atoms with Crippen LogP contribution in [-0.2, 0) is 28.6 Å². The molecule has 0 aromatic carbocycles. The summed E-state index contributed by atoms with van der Waals surface area (Å²) < 4.78 is 14.4. The molecule has 0 saturated heterocycles. The van der Waals surface area contributed by atoms with Gasteiger partial charge in [-0.15, -0.1) is 0 Å². The minimum absolute atomic E-state index is 0.0555. The minimum Gasteiger partial charge on any atom is -0.515 e. The van der Waals surface area contributed by atoms with Crippen molar-refractivity contribution in [3.05, 3.63) is 46.4 Å². The summed E-state index contributed by atoms with van der Waals surface area (Å²) in [6.07, 6.45) is 13.2. The van der Waals surface area contributed by atoms with Gasteiger partial charge in [-0.2, -0.15) is 0 Å². The topological polar surface area (TPSA) is 124 Å². The molecule has 2 N–H and O–H groups in total. The van der Waals surface area contributed by atoms with Gasteiger partial charge in [-0.05, 0) is 74.7 Å². The Morgan fingerprint density at radius 1 is 0.889 bits per heavy atom. The van der Waals surface area contributed by atoms with Gasteiger partial charge in [0.15, 0.2) is 0 Å². The lowest BCUT2D eigenvalue weighted by Gasteiger charge is -2.33. The summed E-state index contributed by atoms with van der Waals surface area (Å²) in [6, 6.07) is 0.170. The molecule has 9 heteroatoms. The van der Waals surface area contributed by atoms with Gasteiger partial charge in [0.05, 0.1) is 39.2 Å². The smallest absolute Gasteiger partial charge is 0.345 e. The van der Waals surface area contributed by atoms with Gasteiger partial charge < -0.3 is 24.6 Å². The molecule has 1 saturated carbocycles. The first-order valence-corrected chi connectivity index (χ1v) is 12.5. The molecule has 1 fully saturated rings. The van der Waals surface area contributed by atoms with Gasteiger partial charge in [0.2, 0.25) is 0 Å². The van der Waals surface area contributed by atoms with Crippen molar-refractivity contribution in [3.63, 3.8) is 0 Å². The Morgan fingerprint density at radius 3 is 2.22 bits per heavy atom. The zero-order valence-electron chi connectivity index (χ0n) is 21.3. The normalized spacial score (nSPS) is 23.8. The molecule has 2 atom stereocenters. The number of carbonyl (C=O) groups excluding carboxylic acids is 3. The van der Waals surface area contributed by atoms with Crippen LogP contribution in [0.3, 0.4) is 0 Å². The van der Waals surface area contributed by atoms with Crippen molar-refractivity contribution in [2.75, 3.05) is 21.3 Å². The highest BCUT2D eigenvalue weighted by molar-refractivity contribution is 6.15. The van der Waals surface area contributed by atoms with Crippen molar-refractivity contribution in [1.29, 1.82) is 0 Å². The van der Waals surface area contributed by atoms with Crippen LogP contribution in [0.1, 0.15) is 64.2 Å². The predicted octanol–water partition coefficient (Wildman–Crippen LogP) is 3.76. The second kappa shape index (κ2) is 13.1. The Hall–Kier alpha value is -3.36. The Morgan fingerprint density at radius 2 is 1.56 bits per heavy atom. The van der Waals surface area contributed by atoms with Gasteiger partial charge >= 0.3 is 17.9 Å². The summed E-state index contributed by atoms with van der Waals surface area (Å²) in [6.45, 7) is 0. The van der Waals surface area contributed by atoms with Crippen LogP contribution in [0.25, 0.3) is 0 Å². The number of aliphatic hydroxyl groups excluding tert-OH is 1. The van der Waals surface area contributed by atoms with Gasteiger partial charge in [0.25, 0.3) is 0 Å². The molecular weight excluding hydrogens is 464 g/mol. The van der Waals surface area contributed by atoms with Crippen LogP contribution in [0.5, 0.6) is 0 Å². The number of ether oxygens (including phenoxy) is 3. The third-order valence-electron chi connectivity index (χ3n) is 6.87. The number of aliphatic hydroxyl groups is 1. The third kappa shape index (κ3) is 6.65. The van der Waals surface area contributed by atoms with E-state index in [9.17, 15) is 19.5 Å². The summed E-state index contributed by atoms with van der Waals surface area (Å²) >= 11 is 0. The first kappa shape index (κ1) is 27.2. The van der Waals surface area contributed by atoms with Crippen molar-refractivity contribution in [2.24, 2.45) is 4.99 Å². The third-order valence-corrected chi connectivity index (χ3v) is 6.87. The zero-order chi connectivity index (χ0) is 26.1. The van der Waals surface area contributed by atoms with Crippen LogP contribution < -0.4 is 5.32 Å². The monoisotopic (exact) mass is 500 g/mol. The van der Waals surface area contributed by atoms with Gasteiger partial charge in [-0.25, -0.2) is 14.4 Å². The average molecular weight is 501 g/mol. The molecule has 3 rings (SSSR count). The summed E-state index contributed by atoms with van der Waals surface area (Å²) in [7, 11) is 3.79. The average Bonchev–Trinajstić information content (AvgIpc) is 2.90. The summed E-state index contributed by atoms with van der Waals surface area (Å²) in [4.78, 5) is 41.5. The number of hydrogen-bond donors (Lipinski definition) is 2. The summed E-state index contributed by atoms with van der Waals surface area (Å²) in [5.74, 6) is -1.95. The van der Waals surface area contributed by atoms with Gasteiger partial charge in [-0.3, -0.25) is 4.99 Å². The summed E-state index contributed by atoms with van der Waals surface area (Å²) in [5, 5.41) is 13.2. The maximum Gasteiger partial charge on any atom is 0.345 e. The fourth-order valence-electron chi connectivity index (χ4n) is 5.07. The number of aliphatic imine (C=N–C) groups is 1. The second-order valence-corrected chi connectivity index (χ2v) is 9.19. The van der Waals surface area contributed by atoms with Crippen LogP contribution in [0.4, 0.5) is 0 Å². The molecule has 9 nitrogen and oxygen atoms in total. The van der Waals surface area contributed by atoms with E-state index in [-0.39, 0.29) is 23.2 Å². The minimum atomic E-state index is -0.695.